The number of carboxylic acids is 1. The topological polar surface area (TPSA) is 157 Å². The van der Waals surface area contributed by atoms with Crippen LogP contribution in [0.4, 0.5) is 0 Å². The average molecular weight is 406 g/mol. The van der Waals surface area contributed by atoms with Crippen molar-refractivity contribution in [3.63, 3.8) is 0 Å². The highest BCUT2D eigenvalue weighted by molar-refractivity contribution is 5.73. The maximum Gasteiger partial charge on any atom is 0.335 e. The summed E-state index contributed by atoms with van der Waals surface area (Å²) < 4.78 is 10.2. The van der Waals surface area contributed by atoms with E-state index in [9.17, 15) is 25.2 Å². The van der Waals surface area contributed by atoms with E-state index in [2.05, 4.69) is 6.58 Å². The zero-order valence-corrected chi connectivity index (χ0v) is 15.2. The van der Waals surface area contributed by atoms with Crippen molar-refractivity contribution >= 4 is 12.0 Å². The number of ether oxygens (including phenoxy) is 2. The maximum atomic E-state index is 11.0. The van der Waals surface area contributed by atoms with Crippen LogP contribution in [0.2, 0.25) is 0 Å². The third-order valence-electron chi connectivity index (χ3n) is 3.97. The van der Waals surface area contributed by atoms with Crippen molar-refractivity contribution < 1.29 is 44.9 Å². The SMILES string of the molecule is C=Cc1cc(O)cc(O[C@@H]2OC(C(=O)O)[C@@H](O)[C@H](O)[C@@H]2O)c1.Oc1ccccc1. The van der Waals surface area contributed by atoms with Gasteiger partial charge in [0.05, 0.1) is 0 Å². The Morgan fingerprint density at radius 3 is 2.14 bits per heavy atom. The average Bonchev–Trinajstić information content (AvgIpc) is 2.68. The fourth-order valence-corrected chi connectivity index (χ4v) is 2.50. The van der Waals surface area contributed by atoms with E-state index in [0.717, 1.165) is 0 Å². The Bertz CT molecular complexity index is 824. The van der Waals surface area contributed by atoms with Crippen molar-refractivity contribution in [2.45, 2.75) is 30.7 Å². The lowest BCUT2D eigenvalue weighted by Gasteiger charge is -2.38. The summed E-state index contributed by atoms with van der Waals surface area (Å²) in [6, 6.07) is 12.8. The Morgan fingerprint density at radius 2 is 1.62 bits per heavy atom. The van der Waals surface area contributed by atoms with Crippen LogP contribution in [-0.2, 0) is 9.53 Å². The molecule has 1 unspecified atom stereocenters. The minimum Gasteiger partial charge on any atom is -0.508 e. The summed E-state index contributed by atoms with van der Waals surface area (Å²) in [5.74, 6) is -1.24. The number of aliphatic hydroxyl groups is 3. The second kappa shape index (κ2) is 9.89. The van der Waals surface area contributed by atoms with E-state index in [4.69, 9.17) is 19.7 Å². The number of hydrogen-bond donors (Lipinski definition) is 6. The number of carboxylic acid groups (broad SMARTS) is 1. The normalized spacial score (nSPS) is 26.0. The van der Waals surface area contributed by atoms with Crippen LogP contribution < -0.4 is 4.74 Å². The predicted octanol–water partition coefficient (Wildman–Crippen LogP) is 0.698. The number of phenols is 2. The lowest BCUT2D eigenvalue weighted by Crippen LogP contribution is -2.61. The summed E-state index contributed by atoms with van der Waals surface area (Å²) in [5.41, 5.74) is 0.524. The molecule has 2 aromatic rings. The van der Waals surface area contributed by atoms with Crippen LogP contribution in [-0.4, -0.2) is 67.3 Å². The summed E-state index contributed by atoms with van der Waals surface area (Å²) in [6.45, 7) is 3.53. The minimum atomic E-state index is -1.79. The van der Waals surface area contributed by atoms with Gasteiger partial charge in [-0.15, -0.1) is 0 Å². The van der Waals surface area contributed by atoms with E-state index in [0.29, 0.717) is 11.3 Å². The van der Waals surface area contributed by atoms with Gasteiger partial charge in [-0.05, 0) is 29.8 Å². The molecule has 29 heavy (non-hydrogen) atoms. The van der Waals surface area contributed by atoms with Crippen LogP contribution in [0.1, 0.15) is 5.56 Å². The quantitative estimate of drug-likeness (QED) is 0.430. The molecular formula is C20H22O9. The minimum absolute atomic E-state index is 0.0756. The summed E-state index contributed by atoms with van der Waals surface area (Å²) in [4.78, 5) is 11.0. The smallest absolute Gasteiger partial charge is 0.335 e. The van der Waals surface area contributed by atoms with E-state index >= 15 is 0 Å². The van der Waals surface area contributed by atoms with Gasteiger partial charge >= 0.3 is 5.97 Å². The molecule has 2 aromatic carbocycles. The molecule has 156 valence electrons. The van der Waals surface area contributed by atoms with Crippen molar-refractivity contribution in [3.05, 3.63) is 60.7 Å². The number of para-hydroxylation sites is 1. The first kappa shape index (κ1) is 22.2. The largest absolute Gasteiger partial charge is 0.508 e. The third kappa shape index (κ3) is 5.93. The fraction of sp³-hybridized carbons (Fsp3) is 0.250. The number of benzene rings is 2. The second-order valence-electron chi connectivity index (χ2n) is 6.15. The van der Waals surface area contributed by atoms with E-state index in [1.165, 1.54) is 24.3 Å². The molecule has 1 fully saturated rings. The first-order valence-corrected chi connectivity index (χ1v) is 8.52. The van der Waals surface area contributed by atoms with Gasteiger partial charge in [-0.25, -0.2) is 4.79 Å². The van der Waals surface area contributed by atoms with Crippen LogP contribution in [0, 0.1) is 0 Å². The summed E-state index contributed by atoms with van der Waals surface area (Å²) >= 11 is 0. The van der Waals surface area contributed by atoms with Gasteiger partial charge in [-0.3, -0.25) is 0 Å². The molecule has 5 atom stereocenters. The number of aliphatic hydroxyl groups excluding tert-OH is 3. The van der Waals surface area contributed by atoms with Crippen LogP contribution in [0.15, 0.2) is 55.1 Å². The maximum absolute atomic E-state index is 11.0. The van der Waals surface area contributed by atoms with E-state index in [1.54, 1.807) is 24.3 Å². The van der Waals surface area contributed by atoms with E-state index in [1.807, 2.05) is 6.07 Å². The number of phenolic OH excluding ortho intramolecular Hbond substituents is 2. The molecule has 0 saturated carbocycles. The van der Waals surface area contributed by atoms with Gasteiger partial charge in [0.15, 0.2) is 6.10 Å². The number of rotatable bonds is 4. The second-order valence-corrected chi connectivity index (χ2v) is 6.15. The summed E-state index contributed by atoms with van der Waals surface area (Å²) in [6.07, 6.45) is -7.04. The Kier molecular flexibility index (Phi) is 7.57. The molecule has 1 heterocycles. The molecule has 0 spiro atoms. The van der Waals surface area contributed by atoms with Crippen molar-refractivity contribution in [1.29, 1.82) is 0 Å². The highest BCUT2D eigenvalue weighted by Gasteiger charge is 2.48. The molecule has 0 aliphatic carbocycles. The van der Waals surface area contributed by atoms with Gasteiger partial charge < -0.3 is 40.1 Å². The molecule has 1 aliphatic heterocycles. The monoisotopic (exact) mass is 406 g/mol. The van der Waals surface area contributed by atoms with E-state index < -0.39 is 36.7 Å². The highest BCUT2D eigenvalue weighted by Crippen LogP contribution is 2.28. The van der Waals surface area contributed by atoms with Crippen molar-refractivity contribution in [1.82, 2.24) is 0 Å². The van der Waals surface area contributed by atoms with Crippen LogP contribution >= 0.6 is 0 Å². The van der Waals surface area contributed by atoms with Crippen LogP contribution in [0.25, 0.3) is 6.08 Å². The summed E-state index contributed by atoms with van der Waals surface area (Å²) in [7, 11) is 0. The Hall–Kier alpha value is -3.11. The lowest BCUT2D eigenvalue weighted by atomic mass is 9.99. The zero-order valence-electron chi connectivity index (χ0n) is 15.2. The first-order chi connectivity index (χ1) is 13.7. The van der Waals surface area contributed by atoms with Crippen molar-refractivity contribution in [3.8, 4) is 17.2 Å². The standard InChI is InChI=1S/C14H16O8.C6H6O/c1-2-6-3-7(15)5-8(4-6)21-14-11(18)9(16)10(17)12(22-14)13(19)20;7-6-4-2-1-3-5-6/h2-5,9-12,14-18H,1H2,(H,19,20);1-5,7H/t9-,10-,11-,12?,14+;/m0./s1. The zero-order chi connectivity index (χ0) is 21.6. The molecule has 9 heteroatoms. The van der Waals surface area contributed by atoms with Gasteiger partial charge in [0.1, 0.15) is 35.6 Å². The molecule has 1 saturated heterocycles. The van der Waals surface area contributed by atoms with Gasteiger partial charge in [0.25, 0.3) is 0 Å². The molecule has 0 bridgehead atoms. The van der Waals surface area contributed by atoms with Crippen LogP contribution in [0.5, 0.6) is 17.2 Å². The number of aliphatic carboxylic acids is 1. The van der Waals surface area contributed by atoms with Gasteiger partial charge in [0.2, 0.25) is 6.29 Å². The molecule has 3 rings (SSSR count). The predicted molar refractivity (Wildman–Crippen MR) is 101 cm³/mol. The first-order valence-electron chi connectivity index (χ1n) is 8.52. The number of carbonyl (C=O) groups is 1. The number of aromatic hydroxyl groups is 2. The van der Waals surface area contributed by atoms with Gasteiger partial charge in [-0.1, -0.05) is 30.9 Å². The summed E-state index contributed by atoms with van der Waals surface area (Å²) in [5, 5.41) is 56.2. The van der Waals surface area contributed by atoms with Gasteiger partial charge in [-0.2, -0.15) is 0 Å². The molecule has 0 radical (unpaired) electrons. The highest BCUT2D eigenvalue weighted by atomic mass is 16.7. The van der Waals surface area contributed by atoms with E-state index in [-0.39, 0.29) is 11.5 Å². The molecule has 0 amide bonds. The van der Waals surface area contributed by atoms with Crippen molar-refractivity contribution in [2.75, 3.05) is 0 Å². The third-order valence-corrected chi connectivity index (χ3v) is 3.97. The fourth-order valence-electron chi connectivity index (χ4n) is 2.50. The van der Waals surface area contributed by atoms with Gasteiger partial charge in [0, 0.05) is 6.07 Å². The van der Waals surface area contributed by atoms with Crippen LogP contribution in [0.3, 0.4) is 0 Å². The molecule has 9 nitrogen and oxygen atoms in total. The Labute approximate surface area is 166 Å². The van der Waals surface area contributed by atoms with Crippen molar-refractivity contribution in [2.24, 2.45) is 0 Å². The Morgan fingerprint density at radius 1 is 0.966 bits per heavy atom. The lowest BCUT2D eigenvalue weighted by molar-refractivity contribution is -0.271. The molecule has 1 aliphatic rings. The molecule has 0 aromatic heterocycles. The molecular weight excluding hydrogens is 384 g/mol. The number of hydrogen-bond acceptors (Lipinski definition) is 8. The molecule has 6 N–H and O–H groups in total. The Balaban J connectivity index is 0.000000360.